The van der Waals surface area contributed by atoms with Crippen LogP contribution in [0, 0.1) is 6.92 Å². The van der Waals surface area contributed by atoms with Gasteiger partial charge < -0.3 is 14.4 Å². The molecule has 0 aromatic heterocycles. The number of amides is 1. The molecule has 6 nitrogen and oxygen atoms in total. The van der Waals surface area contributed by atoms with Crippen LogP contribution in [0.15, 0.2) is 53.4 Å². The molecule has 1 amide bonds. The summed E-state index contributed by atoms with van der Waals surface area (Å²) in [6.45, 7) is 2.24. The minimum absolute atomic E-state index is 0.0988. The van der Waals surface area contributed by atoms with E-state index in [-0.39, 0.29) is 30.5 Å². The second-order valence-electron chi connectivity index (χ2n) is 6.24. The molecule has 7 heteroatoms. The van der Waals surface area contributed by atoms with Gasteiger partial charge in [-0.05, 0) is 43.3 Å². The van der Waals surface area contributed by atoms with Gasteiger partial charge in [-0.2, -0.15) is 0 Å². The number of aryl methyl sites for hydroxylation is 1. The van der Waals surface area contributed by atoms with Gasteiger partial charge in [-0.3, -0.25) is 4.79 Å². The number of nitrogens with zero attached hydrogens (tertiary/aromatic N) is 1. The van der Waals surface area contributed by atoms with E-state index in [2.05, 4.69) is 0 Å². The first-order valence-electron chi connectivity index (χ1n) is 8.25. The van der Waals surface area contributed by atoms with Gasteiger partial charge in [0.2, 0.25) is 0 Å². The molecule has 2 aromatic carbocycles. The quantitative estimate of drug-likeness (QED) is 0.773. The molecule has 26 heavy (non-hydrogen) atoms. The molecule has 0 N–H and O–H groups in total. The van der Waals surface area contributed by atoms with E-state index in [1.165, 1.54) is 24.1 Å². The molecule has 0 aliphatic carbocycles. The number of likely N-dealkylation sites (tertiary alicyclic amines) is 1. The molecule has 1 aliphatic rings. The zero-order chi connectivity index (χ0) is 18.7. The number of rotatable bonds is 6. The van der Waals surface area contributed by atoms with Crippen molar-refractivity contribution in [3.8, 4) is 11.5 Å². The summed E-state index contributed by atoms with van der Waals surface area (Å²) >= 11 is 0. The fourth-order valence-electron chi connectivity index (χ4n) is 2.67. The van der Waals surface area contributed by atoms with E-state index in [9.17, 15) is 13.2 Å². The molecule has 0 atom stereocenters. The Morgan fingerprint density at radius 1 is 1.04 bits per heavy atom. The first kappa shape index (κ1) is 18.3. The number of hydrogen-bond donors (Lipinski definition) is 0. The Labute approximate surface area is 153 Å². The normalized spacial score (nSPS) is 14.6. The van der Waals surface area contributed by atoms with E-state index in [0.29, 0.717) is 11.5 Å². The van der Waals surface area contributed by atoms with Gasteiger partial charge in [0.15, 0.2) is 16.4 Å². The molecule has 1 heterocycles. The third kappa shape index (κ3) is 3.83. The van der Waals surface area contributed by atoms with Gasteiger partial charge in [0.1, 0.15) is 16.7 Å². The van der Waals surface area contributed by atoms with Crippen molar-refractivity contribution in [1.82, 2.24) is 4.90 Å². The molecule has 3 rings (SSSR count). The summed E-state index contributed by atoms with van der Waals surface area (Å²) in [6, 6.07) is 13.7. The molecule has 0 saturated carbocycles. The maximum absolute atomic E-state index is 12.6. The van der Waals surface area contributed by atoms with Crippen molar-refractivity contribution in [2.24, 2.45) is 0 Å². The molecule has 1 aliphatic heterocycles. The molecular formula is C19H21NO5S. The van der Waals surface area contributed by atoms with Gasteiger partial charge in [-0.25, -0.2) is 8.42 Å². The third-order valence-corrected chi connectivity index (χ3v) is 6.52. The number of benzene rings is 2. The number of sulfone groups is 1. The van der Waals surface area contributed by atoms with Crippen LogP contribution >= 0.6 is 0 Å². The Morgan fingerprint density at radius 3 is 2.19 bits per heavy atom. The summed E-state index contributed by atoms with van der Waals surface area (Å²) in [5.41, 5.74) is 1.11. The highest BCUT2D eigenvalue weighted by molar-refractivity contribution is 7.92. The largest absolute Gasteiger partial charge is 0.497 e. The van der Waals surface area contributed by atoms with Crippen LogP contribution in [-0.4, -0.2) is 51.3 Å². The third-order valence-electron chi connectivity index (χ3n) is 4.41. The van der Waals surface area contributed by atoms with E-state index in [1.807, 2.05) is 19.1 Å². The molecule has 0 radical (unpaired) electrons. The van der Waals surface area contributed by atoms with Crippen molar-refractivity contribution >= 4 is 15.7 Å². The lowest BCUT2D eigenvalue weighted by Crippen LogP contribution is -2.57. The van der Waals surface area contributed by atoms with E-state index in [4.69, 9.17) is 9.47 Å². The number of carbonyl (C=O) groups is 1. The second kappa shape index (κ2) is 7.37. The number of methoxy groups -OCH3 is 1. The summed E-state index contributed by atoms with van der Waals surface area (Å²) in [5.74, 6) is 1.00. The van der Waals surface area contributed by atoms with Crippen molar-refractivity contribution < 1.29 is 22.7 Å². The molecule has 0 bridgehead atoms. The average Bonchev–Trinajstić information content (AvgIpc) is 2.60. The first-order valence-corrected chi connectivity index (χ1v) is 9.80. The van der Waals surface area contributed by atoms with Crippen molar-refractivity contribution in [3.63, 3.8) is 0 Å². The van der Waals surface area contributed by atoms with E-state index in [0.717, 1.165) is 5.56 Å². The van der Waals surface area contributed by atoms with E-state index < -0.39 is 15.1 Å². The van der Waals surface area contributed by atoms with Gasteiger partial charge in [0.05, 0.1) is 12.0 Å². The van der Waals surface area contributed by atoms with Gasteiger partial charge >= 0.3 is 0 Å². The summed E-state index contributed by atoms with van der Waals surface area (Å²) < 4.78 is 35.7. The maximum Gasteiger partial charge on any atom is 0.260 e. The van der Waals surface area contributed by atoms with Crippen LogP contribution in [0.25, 0.3) is 0 Å². The average molecular weight is 375 g/mol. The van der Waals surface area contributed by atoms with Crippen LogP contribution in [-0.2, 0) is 14.6 Å². The Morgan fingerprint density at radius 2 is 1.62 bits per heavy atom. The number of ether oxygens (including phenoxy) is 2. The molecule has 1 fully saturated rings. The molecule has 2 aromatic rings. The number of carbonyl (C=O) groups excluding carboxylic acids is 1. The Balaban J connectivity index is 1.53. The standard InChI is InChI=1S/C19H21NO5S/c1-14-3-5-16(6-4-14)25-13-19(21)20-11-18(12-20)26(22,23)17-9-7-15(24-2)8-10-17/h3-10,18H,11-13H2,1-2H3. The SMILES string of the molecule is COc1ccc(S(=O)(=O)C2CN(C(=O)COc3ccc(C)cc3)C2)cc1. The smallest absolute Gasteiger partial charge is 0.260 e. The zero-order valence-electron chi connectivity index (χ0n) is 14.7. The van der Waals surface area contributed by atoms with Gasteiger partial charge in [0, 0.05) is 13.1 Å². The molecule has 0 unspecified atom stereocenters. The highest BCUT2D eigenvalue weighted by Gasteiger charge is 2.40. The molecule has 0 spiro atoms. The molecular weight excluding hydrogens is 354 g/mol. The van der Waals surface area contributed by atoms with Crippen LogP contribution in [0.5, 0.6) is 11.5 Å². The molecule has 138 valence electrons. The fraction of sp³-hybridized carbons (Fsp3) is 0.316. The van der Waals surface area contributed by atoms with Gasteiger partial charge in [-0.15, -0.1) is 0 Å². The Hall–Kier alpha value is -2.54. The van der Waals surface area contributed by atoms with Crippen LogP contribution in [0.3, 0.4) is 0 Å². The van der Waals surface area contributed by atoms with Crippen LogP contribution in [0.2, 0.25) is 0 Å². The minimum atomic E-state index is -3.46. The Kier molecular flexibility index (Phi) is 5.18. The summed E-state index contributed by atoms with van der Waals surface area (Å²) in [4.78, 5) is 13.9. The molecule has 1 saturated heterocycles. The highest BCUT2D eigenvalue weighted by Crippen LogP contribution is 2.25. The van der Waals surface area contributed by atoms with Crippen molar-refractivity contribution in [1.29, 1.82) is 0 Å². The fourth-order valence-corrected chi connectivity index (χ4v) is 4.32. The predicted octanol–water partition coefficient (Wildman–Crippen LogP) is 2.07. The van der Waals surface area contributed by atoms with Crippen molar-refractivity contribution in [2.45, 2.75) is 17.1 Å². The maximum atomic E-state index is 12.6. The van der Waals surface area contributed by atoms with Crippen LogP contribution < -0.4 is 9.47 Å². The minimum Gasteiger partial charge on any atom is -0.497 e. The van der Waals surface area contributed by atoms with E-state index in [1.54, 1.807) is 24.3 Å². The lowest BCUT2D eigenvalue weighted by molar-refractivity contribution is -0.136. The lowest BCUT2D eigenvalue weighted by atomic mass is 10.2. The van der Waals surface area contributed by atoms with Gasteiger partial charge in [-0.1, -0.05) is 17.7 Å². The summed E-state index contributed by atoms with van der Waals surface area (Å²) in [5, 5.41) is -0.584. The topological polar surface area (TPSA) is 72.9 Å². The monoisotopic (exact) mass is 375 g/mol. The van der Waals surface area contributed by atoms with Crippen molar-refractivity contribution in [2.75, 3.05) is 26.8 Å². The second-order valence-corrected chi connectivity index (χ2v) is 8.47. The lowest BCUT2D eigenvalue weighted by Gasteiger charge is -2.38. The van der Waals surface area contributed by atoms with Crippen LogP contribution in [0.4, 0.5) is 0 Å². The predicted molar refractivity (Wildman–Crippen MR) is 97.2 cm³/mol. The summed E-state index contributed by atoms with van der Waals surface area (Å²) in [7, 11) is -1.93. The Bertz CT molecular complexity index is 869. The zero-order valence-corrected chi connectivity index (χ0v) is 15.5. The highest BCUT2D eigenvalue weighted by atomic mass is 32.2. The number of hydrogen-bond acceptors (Lipinski definition) is 5. The first-order chi connectivity index (χ1) is 12.4. The van der Waals surface area contributed by atoms with Crippen molar-refractivity contribution in [3.05, 3.63) is 54.1 Å². The van der Waals surface area contributed by atoms with Gasteiger partial charge in [0.25, 0.3) is 5.91 Å². The van der Waals surface area contributed by atoms with E-state index >= 15 is 0 Å². The van der Waals surface area contributed by atoms with Crippen LogP contribution in [0.1, 0.15) is 5.56 Å². The summed E-state index contributed by atoms with van der Waals surface area (Å²) in [6.07, 6.45) is 0.